The van der Waals surface area contributed by atoms with E-state index in [0.717, 1.165) is 0 Å². The highest BCUT2D eigenvalue weighted by atomic mass is 32.2. The Bertz CT molecular complexity index is 979. The van der Waals surface area contributed by atoms with Gasteiger partial charge in [0.05, 0.1) is 17.5 Å². The van der Waals surface area contributed by atoms with Gasteiger partial charge in [-0.15, -0.1) is 5.11 Å². The Kier molecular flexibility index (Phi) is 3.75. The molecule has 0 fully saturated rings. The molecule has 0 saturated carbocycles. The predicted molar refractivity (Wildman–Crippen MR) is 84.7 cm³/mol. The predicted octanol–water partition coefficient (Wildman–Crippen LogP) is 3.35. The maximum absolute atomic E-state index is 12.1. The van der Waals surface area contributed by atoms with Gasteiger partial charge in [0, 0.05) is 5.39 Å². The number of benzene rings is 2. The van der Waals surface area contributed by atoms with Gasteiger partial charge in [-0.2, -0.15) is 8.42 Å². The average molecular weight is 331 g/mol. The number of aromatic hydroxyl groups is 1. The number of nitrogens with one attached hydrogen (secondary N) is 1. The molecular weight excluding hydrogens is 318 g/mol. The Balaban J connectivity index is 2.06. The first-order valence-corrected chi connectivity index (χ1v) is 8.07. The summed E-state index contributed by atoms with van der Waals surface area (Å²) in [5, 5.41) is 14.1. The largest absolute Gasteiger partial charge is 0.497 e. The van der Waals surface area contributed by atoms with Crippen molar-refractivity contribution in [3.8, 4) is 11.6 Å². The lowest BCUT2D eigenvalue weighted by atomic mass is 10.2. The topological polar surface area (TPSA) is 104 Å². The molecule has 0 amide bonds. The second kappa shape index (κ2) is 5.73. The van der Waals surface area contributed by atoms with Crippen molar-refractivity contribution in [1.29, 1.82) is 0 Å². The lowest BCUT2D eigenvalue weighted by Crippen LogP contribution is -1.94. The first kappa shape index (κ1) is 15.0. The van der Waals surface area contributed by atoms with Crippen LogP contribution in [-0.4, -0.2) is 25.6 Å². The third kappa shape index (κ3) is 2.88. The first-order valence-electron chi connectivity index (χ1n) is 6.63. The molecule has 0 atom stereocenters. The highest BCUT2D eigenvalue weighted by Crippen LogP contribution is 2.37. The summed E-state index contributed by atoms with van der Waals surface area (Å²) in [5.41, 5.74) is 0.632. The number of methoxy groups -OCH3 is 1. The van der Waals surface area contributed by atoms with Gasteiger partial charge in [-0.25, -0.2) is 0 Å². The van der Waals surface area contributed by atoms with Gasteiger partial charge in [0.2, 0.25) is 5.88 Å². The van der Waals surface area contributed by atoms with E-state index in [0.29, 0.717) is 16.7 Å². The number of aromatic amines is 1. The first-order chi connectivity index (χ1) is 11.0. The van der Waals surface area contributed by atoms with Crippen LogP contribution in [0.3, 0.4) is 0 Å². The van der Waals surface area contributed by atoms with E-state index in [1.807, 2.05) is 0 Å². The van der Waals surface area contributed by atoms with E-state index in [1.54, 1.807) is 36.4 Å². The molecule has 8 heteroatoms. The van der Waals surface area contributed by atoms with E-state index >= 15 is 0 Å². The molecular formula is C15H13N3O4S. The molecule has 3 rings (SSSR count). The van der Waals surface area contributed by atoms with Crippen LogP contribution >= 0.6 is 0 Å². The van der Waals surface area contributed by atoms with Crippen molar-refractivity contribution in [2.75, 3.05) is 7.11 Å². The van der Waals surface area contributed by atoms with E-state index in [9.17, 15) is 13.5 Å². The van der Waals surface area contributed by atoms with Crippen molar-refractivity contribution in [3.63, 3.8) is 0 Å². The molecule has 0 bridgehead atoms. The number of nitrogens with zero attached hydrogens (tertiary/aromatic N) is 2. The number of rotatable bonds is 4. The Morgan fingerprint density at radius 3 is 2.57 bits per heavy atom. The van der Waals surface area contributed by atoms with E-state index in [4.69, 9.17) is 4.74 Å². The Morgan fingerprint density at radius 2 is 1.87 bits per heavy atom. The van der Waals surface area contributed by atoms with E-state index in [2.05, 4.69) is 14.6 Å². The summed E-state index contributed by atoms with van der Waals surface area (Å²) in [6.07, 6.45) is 0. The molecule has 23 heavy (non-hydrogen) atoms. The fraction of sp³-hybridized carbons (Fsp3) is 0.0667. The molecule has 3 aromatic rings. The molecule has 0 saturated heterocycles. The minimum atomic E-state index is -3.94. The molecule has 7 nitrogen and oxygen atoms in total. The van der Waals surface area contributed by atoms with Gasteiger partial charge in [0.1, 0.15) is 5.75 Å². The van der Waals surface area contributed by atoms with Crippen molar-refractivity contribution in [1.82, 2.24) is 4.98 Å². The number of hydrogen-bond acceptors (Lipinski definition) is 5. The van der Waals surface area contributed by atoms with E-state index in [1.165, 1.54) is 19.2 Å². The van der Waals surface area contributed by atoms with Crippen molar-refractivity contribution in [3.05, 3.63) is 48.5 Å². The molecule has 0 aliphatic heterocycles. The van der Waals surface area contributed by atoms with Crippen LogP contribution in [0.25, 0.3) is 10.9 Å². The molecule has 118 valence electrons. The average Bonchev–Trinajstić information content (AvgIpc) is 2.88. The monoisotopic (exact) mass is 331 g/mol. The minimum Gasteiger partial charge on any atom is -0.497 e. The van der Waals surface area contributed by atoms with E-state index < -0.39 is 10.0 Å². The summed E-state index contributed by atoms with van der Waals surface area (Å²) in [5.74, 6) is 0.291. The van der Waals surface area contributed by atoms with Crippen LogP contribution in [0.2, 0.25) is 0 Å². The Morgan fingerprint density at radius 1 is 1.13 bits per heavy atom. The zero-order valence-electron chi connectivity index (χ0n) is 12.1. The zero-order valence-corrected chi connectivity index (χ0v) is 12.9. The van der Waals surface area contributed by atoms with Gasteiger partial charge in [0.25, 0.3) is 10.0 Å². The molecule has 1 aromatic heterocycles. The second-order valence-corrected chi connectivity index (χ2v) is 6.29. The number of aromatic nitrogens is 1. The number of H-pyrrole nitrogens is 1. The van der Waals surface area contributed by atoms with Crippen LogP contribution in [0.15, 0.2) is 63.1 Å². The summed E-state index contributed by atoms with van der Waals surface area (Å²) in [6.45, 7) is 0. The normalized spacial score (nSPS) is 12.0. The summed E-state index contributed by atoms with van der Waals surface area (Å²) < 4.78 is 32.8. The minimum absolute atomic E-state index is 0.0284. The SMILES string of the molecule is COc1ccc2[nH]c(O)c(N=NS(=O)(=O)c3ccccc3)c2c1. The maximum atomic E-state index is 12.1. The highest BCUT2D eigenvalue weighted by Gasteiger charge is 2.15. The molecule has 1 heterocycles. The molecule has 0 radical (unpaired) electrons. The van der Waals surface area contributed by atoms with Gasteiger partial charge < -0.3 is 14.8 Å². The van der Waals surface area contributed by atoms with E-state index in [-0.39, 0.29) is 16.5 Å². The standard InChI is InChI=1S/C15H13N3O4S/c1-22-10-7-8-13-12(9-10)14(15(19)16-13)17-18-23(20,21)11-5-3-2-4-6-11/h2-9,16,19H,1H3. The number of hydrogen-bond donors (Lipinski definition) is 2. The van der Waals surface area contributed by atoms with Crippen molar-refractivity contribution >= 4 is 26.6 Å². The highest BCUT2D eigenvalue weighted by molar-refractivity contribution is 7.90. The van der Waals surface area contributed by atoms with Crippen LogP contribution in [0.5, 0.6) is 11.6 Å². The summed E-state index contributed by atoms with van der Waals surface area (Å²) in [7, 11) is -2.43. The number of ether oxygens (including phenoxy) is 1. The van der Waals surface area contributed by atoms with Gasteiger partial charge in [-0.3, -0.25) is 0 Å². The smallest absolute Gasteiger partial charge is 0.299 e. The fourth-order valence-corrected chi connectivity index (χ4v) is 2.89. The van der Waals surface area contributed by atoms with Gasteiger partial charge in [-0.05, 0) is 30.3 Å². The summed E-state index contributed by atoms with van der Waals surface area (Å²) in [6, 6.07) is 12.8. The van der Waals surface area contributed by atoms with Crippen LogP contribution < -0.4 is 4.74 Å². The Labute approximate surface area is 132 Å². The zero-order chi connectivity index (χ0) is 16.4. The molecule has 2 N–H and O–H groups in total. The quantitative estimate of drug-likeness (QED) is 0.715. The van der Waals surface area contributed by atoms with Crippen LogP contribution in [-0.2, 0) is 10.0 Å². The molecule has 0 aliphatic rings. The molecule has 2 aromatic carbocycles. The van der Waals surface area contributed by atoms with Gasteiger partial charge in [-0.1, -0.05) is 22.7 Å². The summed E-state index contributed by atoms with van der Waals surface area (Å²) in [4.78, 5) is 2.73. The fourth-order valence-electron chi connectivity index (χ4n) is 2.10. The summed E-state index contributed by atoms with van der Waals surface area (Å²) >= 11 is 0. The number of sulfonamides is 1. The molecule has 0 spiro atoms. The van der Waals surface area contributed by atoms with Crippen molar-refractivity contribution < 1.29 is 18.3 Å². The van der Waals surface area contributed by atoms with Crippen LogP contribution in [0.1, 0.15) is 0 Å². The third-order valence-electron chi connectivity index (χ3n) is 3.25. The Hall–Kier alpha value is -2.87. The van der Waals surface area contributed by atoms with Crippen molar-refractivity contribution in [2.45, 2.75) is 4.90 Å². The third-order valence-corrected chi connectivity index (χ3v) is 4.41. The lowest BCUT2D eigenvalue weighted by Gasteiger charge is -1.99. The van der Waals surface area contributed by atoms with Crippen LogP contribution in [0, 0.1) is 0 Å². The van der Waals surface area contributed by atoms with Crippen molar-refractivity contribution in [2.24, 2.45) is 9.63 Å². The molecule has 0 aliphatic carbocycles. The van der Waals surface area contributed by atoms with Crippen LogP contribution in [0.4, 0.5) is 5.69 Å². The molecule has 0 unspecified atom stereocenters. The van der Waals surface area contributed by atoms with Gasteiger partial charge >= 0.3 is 0 Å². The van der Waals surface area contributed by atoms with Gasteiger partial charge in [0.15, 0.2) is 5.69 Å². The lowest BCUT2D eigenvalue weighted by molar-refractivity contribution is 0.415. The number of fused-ring (bicyclic) bond motifs is 1. The maximum Gasteiger partial charge on any atom is 0.299 e. The second-order valence-electron chi connectivity index (χ2n) is 4.70.